The van der Waals surface area contributed by atoms with Gasteiger partial charge in [-0.15, -0.1) is 10.2 Å². The Morgan fingerprint density at radius 3 is 2.60 bits per heavy atom. The maximum Gasteiger partial charge on any atom is 0.410 e. The van der Waals surface area contributed by atoms with Crippen LogP contribution in [0.15, 0.2) is 24.3 Å². The molecular formula is C18H21ClN4O2. The summed E-state index contributed by atoms with van der Waals surface area (Å²) in [5.74, 6) is 0.758. The van der Waals surface area contributed by atoms with Crippen molar-refractivity contribution in [3.63, 3.8) is 0 Å². The number of fused-ring (bicyclic) bond motifs is 3. The SMILES string of the molecule is CCOC(=O)N1[C@H]2CC[C@H]1CC(Nc1nnc(Cl)c3ccccc13)C2. The highest BCUT2D eigenvalue weighted by Crippen LogP contribution is 2.38. The van der Waals surface area contributed by atoms with Gasteiger partial charge in [0, 0.05) is 28.9 Å². The Bertz CT molecular complexity index is 786. The van der Waals surface area contributed by atoms with E-state index < -0.39 is 0 Å². The fourth-order valence-electron chi connectivity index (χ4n) is 4.16. The lowest BCUT2D eigenvalue weighted by Gasteiger charge is -2.38. The molecule has 0 unspecified atom stereocenters. The molecule has 4 rings (SSSR count). The molecule has 1 aromatic carbocycles. The summed E-state index contributed by atoms with van der Waals surface area (Å²) in [5.41, 5.74) is 0. The van der Waals surface area contributed by atoms with E-state index in [1.807, 2.05) is 36.1 Å². The summed E-state index contributed by atoms with van der Waals surface area (Å²) in [6.45, 7) is 2.27. The van der Waals surface area contributed by atoms with Gasteiger partial charge < -0.3 is 15.0 Å². The summed E-state index contributed by atoms with van der Waals surface area (Å²) in [5, 5.41) is 14.1. The molecule has 1 N–H and O–H groups in total. The highest BCUT2D eigenvalue weighted by Gasteiger charge is 2.44. The van der Waals surface area contributed by atoms with Crippen LogP contribution in [0.25, 0.3) is 10.8 Å². The van der Waals surface area contributed by atoms with Crippen LogP contribution in [0.1, 0.15) is 32.6 Å². The van der Waals surface area contributed by atoms with Gasteiger partial charge in [-0.05, 0) is 32.6 Å². The minimum absolute atomic E-state index is 0.176. The number of halogens is 1. The minimum Gasteiger partial charge on any atom is -0.450 e. The number of hydrogen-bond acceptors (Lipinski definition) is 5. The monoisotopic (exact) mass is 360 g/mol. The molecule has 0 radical (unpaired) electrons. The molecule has 2 aromatic rings. The molecular weight excluding hydrogens is 340 g/mol. The standard InChI is InChI=1S/C18H21ClN4O2/c1-2-25-18(24)23-12-7-8-13(23)10-11(9-12)20-17-15-6-4-3-5-14(15)16(19)21-22-17/h3-6,11-13H,2,7-10H2,1H3,(H,20,22)/t12-,13-/m0/s1. The molecule has 1 aromatic heterocycles. The first-order valence-corrected chi connectivity index (χ1v) is 9.17. The Labute approximate surface area is 151 Å². The van der Waals surface area contributed by atoms with Crippen molar-refractivity contribution in [1.29, 1.82) is 0 Å². The van der Waals surface area contributed by atoms with Crippen LogP contribution in [-0.2, 0) is 4.74 Å². The van der Waals surface area contributed by atoms with E-state index in [1.54, 1.807) is 0 Å². The highest BCUT2D eigenvalue weighted by molar-refractivity contribution is 6.34. The van der Waals surface area contributed by atoms with Crippen molar-refractivity contribution >= 4 is 34.3 Å². The topological polar surface area (TPSA) is 67.3 Å². The number of anilines is 1. The Balaban J connectivity index is 1.53. The van der Waals surface area contributed by atoms with E-state index in [-0.39, 0.29) is 24.2 Å². The van der Waals surface area contributed by atoms with Gasteiger partial charge in [0.25, 0.3) is 0 Å². The molecule has 1 amide bonds. The van der Waals surface area contributed by atoms with Crippen LogP contribution in [0.2, 0.25) is 5.15 Å². The lowest BCUT2D eigenvalue weighted by molar-refractivity contribution is 0.0711. The van der Waals surface area contributed by atoms with E-state index in [4.69, 9.17) is 16.3 Å². The second kappa shape index (κ2) is 6.67. The quantitative estimate of drug-likeness (QED) is 0.900. The van der Waals surface area contributed by atoms with Gasteiger partial charge in [-0.25, -0.2) is 4.79 Å². The van der Waals surface area contributed by atoms with Crippen molar-refractivity contribution in [2.45, 2.75) is 50.7 Å². The first kappa shape index (κ1) is 16.4. The van der Waals surface area contributed by atoms with Crippen LogP contribution in [-0.4, -0.2) is 45.9 Å². The Kier molecular flexibility index (Phi) is 4.37. The molecule has 0 aliphatic carbocycles. The molecule has 0 saturated carbocycles. The van der Waals surface area contributed by atoms with E-state index in [1.165, 1.54) is 0 Å². The van der Waals surface area contributed by atoms with Crippen LogP contribution < -0.4 is 5.32 Å². The Morgan fingerprint density at radius 2 is 1.92 bits per heavy atom. The third-order valence-corrected chi connectivity index (χ3v) is 5.47. The average Bonchev–Trinajstić information content (AvgIpc) is 2.89. The second-order valence-corrected chi connectivity index (χ2v) is 7.05. The summed E-state index contributed by atoms with van der Waals surface area (Å²) in [6.07, 6.45) is 3.69. The van der Waals surface area contributed by atoms with Gasteiger partial charge in [-0.2, -0.15) is 0 Å². The molecule has 2 aliphatic heterocycles. The number of amides is 1. The van der Waals surface area contributed by atoms with Crippen molar-refractivity contribution in [3.05, 3.63) is 29.4 Å². The van der Waals surface area contributed by atoms with Crippen molar-refractivity contribution in [2.24, 2.45) is 0 Å². The van der Waals surface area contributed by atoms with E-state index in [2.05, 4.69) is 15.5 Å². The number of ether oxygens (including phenoxy) is 1. The fourth-order valence-corrected chi connectivity index (χ4v) is 4.36. The zero-order chi connectivity index (χ0) is 17.4. The fraction of sp³-hybridized carbons (Fsp3) is 0.500. The number of aromatic nitrogens is 2. The number of benzene rings is 1. The number of carbonyl (C=O) groups excluding carboxylic acids is 1. The third-order valence-electron chi connectivity index (χ3n) is 5.19. The highest BCUT2D eigenvalue weighted by atomic mass is 35.5. The molecule has 25 heavy (non-hydrogen) atoms. The van der Waals surface area contributed by atoms with Gasteiger partial charge in [0.05, 0.1) is 6.61 Å². The predicted molar refractivity (Wildman–Crippen MR) is 96.9 cm³/mol. The number of carbonyl (C=O) groups is 1. The van der Waals surface area contributed by atoms with E-state index in [0.29, 0.717) is 11.8 Å². The third kappa shape index (κ3) is 2.99. The number of hydrogen-bond donors (Lipinski definition) is 1. The Hall–Kier alpha value is -2.08. The van der Waals surface area contributed by atoms with Crippen molar-refractivity contribution < 1.29 is 9.53 Å². The number of nitrogens with zero attached hydrogens (tertiary/aromatic N) is 3. The van der Waals surface area contributed by atoms with Crippen LogP contribution in [0.4, 0.5) is 10.6 Å². The van der Waals surface area contributed by atoms with Gasteiger partial charge >= 0.3 is 6.09 Å². The molecule has 7 heteroatoms. The van der Waals surface area contributed by atoms with Gasteiger partial charge in [-0.3, -0.25) is 0 Å². The lowest BCUT2D eigenvalue weighted by atomic mass is 9.97. The smallest absolute Gasteiger partial charge is 0.410 e. The summed E-state index contributed by atoms with van der Waals surface area (Å²) in [7, 11) is 0. The van der Waals surface area contributed by atoms with Gasteiger partial charge in [-0.1, -0.05) is 35.9 Å². The maximum atomic E-state index is 12.2. The normalized spacial score (nSPS) is 25.2. The van der Waals surface area contributed by atoms with Crippen LogP contribution >= 0.6 is 11.6 Å². The number of nitrogens with one attached hydrogen (secondary N) is 1. The molecule has 2 bridgehead atoms. The van der Waals surface area contributed by atoms with Gasteiger partial charge in [0.2, 0.25) is 0 Å². The minimum atomic E-state index is -0.176. The predicted octanol–water partition coefficient (Wildman–Crippen LogP) is 3.85. The van der Waals surface area contributed by atoms with Crippen molar-refractivity contribution in [1.82, 2.24) is 15.1 Å². The zero-order valence-electron chi connectivity index (χ0n) is 14.1. The van der Waals surface area contributed by atoms with Gasteiger partial charge in [0.1, 0.15) is 0 Å². The lowest BCUT2D eigenvalue weighted by Crippen LogP contribution is -2.50. The summed E-state index contributed by atoms with van der Waals surface area (Å²) in [6, 6.07) is 8.60. The van der Waals surface area contributed by atoms with Crippen LogP contribution in [0, 0.1) is 0 Å². The number of piperidine rings is 1. The van der Waals surface area contributed by atoms with Crippen LogP contribution in [0.5, 0.6) is 0 Å². The molecule has 6 nitrogen and oxygen atoms in total. The van der Waals surface area contributed by atoms with Crippen molar-refractivity contribution in [3.8, 4) is 0 Å². The van der Waals surface area contributed by atoms with Crippen LogP contribution in [0.3, 0.4) is 0 Å². The molecule has 2 atom stereocenters. The first-order chi connectivity index (χ1) is 12.2. The Morgan fingerprint density at radius 1 is 1.24 bits per heavy atom. The summed E-state index contributed by atoms with van der Waals surface area (Å²) in [4.78, 5) is 14.1. The number of rotatable bonds is 3. The van der Waals surface area contributed by atoms with E-state index in [0.717, 1.165) is 42.3 Å². The second-order valence-electron chi connectivity index (χ2n) is 6.69. The molecule has 0 spiro atoms. The summed E-state index contributed by atoms with van der Waals surface area (Å²) >= 11 is 6.15. The largest absolute Gasteiger partial charge is 0.450 e. The zero-order valence-corrected chi connectivity index (χ0v) is 14.9. The molecule has 2 aliphatic rings. The molecule has 132 valence electrons. The van der Waals surface area contributed by atoms with Crippen molar-refractivity contribution in [2.75, 3.05) is 11.9 Å². The average molecular weight is 361 g/mol. The van der Waals surface area contributed by atoms with Gasteiger partial charge in [0.15, 0.2) is 11.0 Å². The maximum absolute atomic E-state index is 12.2. The molecule has 3 heterocycles. The molecule has 2 fully saturated rings. The summed E-state index contributed by atoms with van der Waals surface area (Å²) < 4.78 is 5.22. The molecule has 2 saturated heterocycles. The van der Waals surface area contributed by atoms with E-state index in [9.17, 15) is 4.79 Å². The van der Waals surface area contributed by atoms with E-state index >= 15 is 0 Å². The first-order valence-electron chi connectivity index (χ1n) is 8.80.